The molecule has 2 rings (SSSR count). The van der Waals surface area contributed by atoms with E-state index in [0.717, 1.165) is 18.4 Å². The highest BCUT2D eigenvalue weighted by atomic mass is 35.5. The van der Waals surface area contributed by atoms with E-state index in [2.05, 4.69) is 10.6 Å². The van der Waals surface area contributed by atoms with Crippen LogP contribution in [0, 0.1) is 0 Å². The Morgan fingerprint density at radius 1 is 1.32 bits per heavy atom. The molecular formula is C15H18Cl2N2O3. The molecule has 0 aliphatic carbocycles. The highest BCUT2D eigenvalue weighted by molar-refractivity contribution is 6.43. The Morgan fingerprint density at radius 2 is 2.09 bits per heavy atom. The van der Waals surface area contributed by atoms with Gasteiger partial charge in [-0.1, -0.05) is 36.2 Å². The second kappa shape index (κ2) is 7.70. The van der Waals surface area contributed by atoms with Crippen molar-refractivity contribution in [1.29, 1.82) is 0 Å². The summed E-state index contributed by atoms with van der Waals surface area (Å²) in [5.74, 6) is 0.120. The standard InChI is InChI=1S/C15H18Cl2N2O3/c1-2-12(20)18-8-13(21)19-11-4-3-7-22-15-9(11)5-6-10(16)14(15)17/h5-6,11H,2-4,7-8H2,1H3,(H,18,20)(H,19,21)/t11-/m0/s1. The van der Waals surface area contributed by atoms with Gasteiger partial charge in [-0.15, -0.1) is 0 Å². The SMILES string of the molecule is CCC(=O)NCC(=O)N[C@H]1CCCOc2c1ccc(Cl)c2Cl. The first-order valence-electron chi connectivity index (χ1n) is 7.19. The second-order valence-electron chi connectivity index (χ2n) is 5.02. The van der Waals surface area contributed by atoms with Crippen LogP contribution in [0.15, 0.2) is 12.1 Å². The lowest BCUT2D eigenvalue weighted by Gasteiger charge is -2.19. The van der Waals surface area contributed by atoms with Crippen LogP contribution in [0.4, 0.5) is 0 Å². The Labute approximate surface area is 139 Å². The number of carbonyl (C=O) groups is 2. The summed E-state index contributed by atoms with van der Waals surface area (Å²) in [6, 6.07) is 3.29. The molecule has 0 fully saturated rings. The molecule has 2 N–H and O–H groups in total. The third-order valence-electron chi connectivity index (χ3n) is 3.44. The molecule has 0 aromatic heterocycles. The van der Waals surface area contributed by atoms with Gasteiger partial charge in [0.1, 0.15) is 10.8 Å². The van der Waals surface area contributed by atoms with E-state index in [1.807, 2.05) is 6.07 Å². The summed E-state index contributed by atoms with van der Waals surface area (Å²) >= 11 is 12.2. The maximum absolute atomic E-state index is 12.0. The molecular weight excluding hydrogens is 327 g/mol. The van der Waals surface area contributed by atoms with Crippen LogP contribution in [-0.4, -0.2) is 25.0 Å². The summed E-state index contributed by atoms with van der Waals surface area (Å²) in [6.45, 7) is 2.21. The number of amides is 2. The summed E-state index contributed by atoms with van der Waals surface area (Å²) in [6.07, 6.45) is 1.87. The number of hydrogen-bond donors (Lipinski definition) is 2. The normalized spacial score (nSPS) is 17.0. The van der Waals surface area contributed by atoms with Crippen molar-refractivity contribution in [2.45, 2.75) is 32.2 Å². The summed E-state index contributed by atoms with van der Waals surface area (Å²) in [7, 11) is 0. The zero-order chi connectivity index (χ0) is 16.1. The number of fused-ring (bicyclic) bond motifs is 1. The zero-order valence-corrected chi connectivity index (χ0v) is 13.8. The number of carbonyl (C=O) groups excluding carboxylic acids is 2. The van der Waals surface area contributed by atoms with E-state index in [9.17, 15) is 9.59 Å². The molecule has 0 saturated carbocycles. The summed E-state index contributed by atoms with van der Waals surface area (Å²) in [5, 5.41) is 6.24. The van der Waals surface area contributed by atoms with Crippen LogP contribution in [0.2, 0.25) is 10.0 Å². The van der Waals surface area contributed by atoms with Crippen molar-refractivity contribution in [3.8, 4) is 5.75 Å². The zero-order valence-electron chi connectivity index (χ0n) is 12.2. The van der Waals surface area contributed by atoms with Crippen LogP contribution >= 0.6 is 23.2 Å². The van der Waals surface area contributed by atoms with Crippen molar-refractivity contribution in [3.63, 3.8) is 0 Å². The number of rotatable bonds is 4. The maximum Gasteiger partial charge on any atom is 0.239 e. The maximum atomic E-state index is 12.0. The van der Waals surface area contributed by atoms with Gasteiger partial charge < -0.3 is 15.4 Å². The van der Waals surface area contributed by atoms with Crippen molar-refractivity contribution >= 4 is 35.0 Å². The summed E-state index contributed by atoms with van der Waals surface area (Å²) < 4.78 is 5.65. The molecule has 0 bridgehead atoms. The average molecular weight is 345 g/mol. The third kappa shape index (κ3) is 4.05. The first-order valence-corrected chi connectivity index (χ1v) is 7.95. The van der Waals surface area contributed by atoms with Crippen LogP contribution < -0.4 is 15.4 Å². The Hall–Kier alpha value is -1.46. The lowest BCUT2D eigenvalue weighted by Crippen LogP contribution is -2.38. The Balaban J connectivity index is 2.11. The molecule has 1 heterocycles. The molecule has 120 valence electrons. The lowest BCUT2D eigenvalue weighted by atomic mass is 10.0. The third-order valence-corrected chi connectivity index (χ3v) is 4.23. The number of halogens is 2. The number of nitrogens with one attached hydrogen (secondary N) is 2. The van der Waals surface area contributed by atoms with Crippen LogP contribution in [0.1, 0.15) is 37.8 Å². The number of ether oxygens (including phenoxy) is 1. The fourth-order valence-corrected chi connectivity index (χ4v) is 2.66. The minimum absolute atomic E-state index is 0.0410. The Kier molecular flexibility index (Phi) is 5.91. The van der Waals surface area contributed by atoms with Crippen LogP contribution in [-0.2, 0) is 9.59 Å². The van der Waals surface area contributed by atoms with Gasteiger partial charge in [0.2, 0.25) is 11.8 Å². The smallest absolute Gasteiger partial charge is 0.239 e. The van der Waals surface area contributed by atoms with E-state index in [-0.39, 0.29) is 24.4 Å². The van der Waals surface area contributed by atoms with E-state index in [0.29, 0.717) is 28.8 Å². The van der Waals surface area contributed by atoms with Gasteiger partial charge in [-0.2, -0.15) is 0 Å². The molecule has 2 amide bonds. The molecule has 7 heteroatoms. The van der Waals surface area contributed by atoms with Gasteiger partial charge in [-0.3, -0.25) is 9.59 Å². The molecule has 0 radical (unpaired) electrons. The van der Waals surface area contributed by atoms with Crippen LogP contribution in [0.5, 0.6) is 5.75 Å². The van der Waals surface area contributed by atoms with Crippen molar-refractivity contribution in [1.82, 2.24) is 10.6 Å². The predicted molar refractivity (Wildman–Crippen MR) is 85.4 cm³/mol. The topological polar surface area (TPSA) is 67.4 Å². The molecule has 1 aliphatic rings. The molecule has 5 nitrogen and oxygen atoms in total. The van der Waals surface area contributed by atoms with Crippen molar-refractivity contribution in [2.24, 2.45) is 0 Å². The van der Waals surface area contributed by atoms with E-state index in [4.69, 9.17) is 27.9 Å². The molecule has 0 spiro atoms. The minimum atomic E-state index is -0.245. The van der Waals surface area contributed by atoms with Gasteiger partial charge in [-0.05, 0) is 18.9 Å². The molecule has 1 aromatic rings. The first-order chi connectivity index (χ1) is 10.5. The fourth-order valence-electron chi connectivity index (χ4n) is 2.28. The highest BCUT2D eigenvalue weighted by Gasteiger charge is 2.24. The van der Waals surface area contributed by atoms with Crippen molar-refractivity contribution in [3.05, 3.63) is 27.7 Å². The second-order valence-corrected chi connectivity index (χ2v) is 5.81. The fraction of sp³-hybridized carbons (Fsp3) is 0.467. The van der Waals surface area contributed by atoms with Gasteiger partial charge in [0.15, 0.2) is 0 Å². The minimum Gasteiger partial charge on any atom is -0.492 e. The van der Waals surface area contributed by atoms with Gasteiger partial charge in [0.25, 0.3) is 0 Å². The Bertz CT molecular complexity index is 578. The number of hydrogen-bond acceptors (Lipinski definition) is 3. The predicted octanol–water partition coefficient (Wildman–Crippen LogP) is 2.85. The molecule has 1 aliphatic heterocycles. The molecule has 1 aromatic carbocycles. The highest BCUT2D eigenvalue weighted by Crippen LogP contribution is 2.40. The monoisotopic (exact) mass is 344 g/mol. The molecule has 1 atom stereocenters. The van der Waals surface area contributed by atoms with E-state index < -0.39 is 0 Å². The average Bonchev–Trinajstić information content (AvgIpc) is 2.71. The summed E-state index contributed by atoms with van der Waals surface area (Å²) in [5.41, 5.74) is 0.807. The first kappa shape index (κ1) is 16.9. The molecule has 0 unspecified atom stereocenters. The van der Waals surface area contributed by atoms with Gasteiger partial charge in [0, 0.05) is 12.0 Å². The van der Waals surface area contributed by atoms with Crippen molar-refractivity contribution in [2.75, 3.05) is 13.2 Å². The lowest BCUT2D eigenvalue weighted by molar-refractivity contribution is -0.126. The van der Waals surface area contributed by atoms with Gasteiger partial charge in [-0.25, -0.2) is 0 Å². The van der Waals surface area contributed by atoms with Gasteiger partial charge in [0.05, 0.1) is 24.2 Å². The van der Waals surface area contributed by atoms with Crippen LogP contribution in [0.3, 0.4) is 0 Å². The van der Waals surface area contributed by atoms with E-state index in [1.54, 1.807) is 13.0 Å². The molecule has 22 heavy (non-hydrogen) atoms. The van der Waals surface area contributed by atoms with Crippen LogP contribution in [0.25, 0.3) is 0 Å². The van der Waals surface area contributed by atoms with Gasteiger partial charge >= 0.3 is 0 Å². The van der Waals surface area contributed by atoms with E-state index >= 15 is 0 Å². The summed E-state index contributed by atoms with van der Waals surface area (Å²) in [4.78, 5) is 23.2. The quantitative estimate of drug-likeness (QED) is 0.882. The number of benzene rings is 1. The largest absolute Gasteiger partial charge is 0.492 e. The molecule has 0 saturated heterocycles. The van der Waals surface area contributed by atoms with Crippen molar-refractivity contribution < 1.29 is 14.3 Å². The Morgan fingerprint density at radius 3 is 2.82 bits per heavy atom. The van der Waals surface area contributed by atoms with E-state index in [1.165, 1.54) is 0 Å².